The number of unbranched alkanes of at least 4 members (excludes halogenated alkanes) is 1. The molecular formula is C32H45FN3O5P. The summed E-state index contributed by atoms with van der Waals surface area (Å²) < 4.78 is 31.5. The maximum Gasteiger partial charge on any atom is 0.325 e. The zero-order valence-electron chi connectivity index (χ0n) is 24.7. The summed E-state index contributed by atoms with van der Waals surface area (Å²) in [6, 6.07) is 5.64. The van der Waals surface area contributed by atoms with Crippen LogP contribution < -0.4 is 10.1 Å². The number of ether oxygens (including phenoxy) is 3. The van der Waals surface area contributed by atoms with Gasteiger partial charge in [0.2, 0.25) is 0 Å². The van der Waals surface area contributed by atoms with Gasteiger partial charge in [0.15, 0.2) is 0 Å². The number of nitrogens with zero attached hydrogens (tertiary/aromatic N) is 2. The van der Waals surface area contributed by atoms with Gasteiger partial charge in [-0.25, -0.2) is 9.37 Å². The van der Waals surface area contributed by atoms with Gasteiger partial charge < -0.3 is 24.6 Å². The highest BCUT2D eigenvalue weighted by molar-refractivity contribution is 7.17. The van der Waals surface area contributed by atoms with Crippen molar-refractivity contribution >= 4 is 21.0 Å². The maximum absolute atomic E-state index is 14.4. The number of halogens is 1. The minimum Gasteiger partial charge on any atom is -0.496 e. The zero-order valence-corrected chi connectivity index (χ0v) is 25.8. The lowest BCUT2D eigenvalue weighted by Gasteiger charge is -2.28. The molecule has 2 fully saturated rings. The Morgan fingerprint density at radius 1 is 1.26 bits per heavy atom. The lowest BCUT2D eigenvalue weighted by molar-refractivity contribution is -0.143. The Kier molecular flexibility index (Phi) is 11.0. The van der Waals surface area contributed by atoms with Crippen LogP contribution in [0.1, 0.15) is 73.4 Å². The van der Waals surface area contributed by atoms with E-state index in [2.05, 4.69) is 20.6 Å². The number of anilines is 1. The molecule has 10 heteroatoms. The van der Waals surface area contributed by atoms with Crippen LogP contribution >= 0.6 is 9.24 Å². The predicted octanol–water partition coefficient (Wildman–Crippen LogP) is 5.39. The quantitative estimate of drug-likeness (QED) is 0.233. The lowest BCUT2D eigenvalue weighted by Crippen LogP contribution is -2.34. The number of aliphatic carboxylic acids is 1. The monoisotopic (exact) mass is 601 g/mol. The third-order valence-electron chi connectivity index (χ3n) is 8.98. The summed E-state index contributed by atoms with van der Waals surface area (Å²) in [5.41, 5.74) is 3.87. The van der Waals surface area contributed by atoms with Gasteiger partial charge in [-0.15, -0.1) is 9.24 Å². The Hall–Kier alpha value is -2.32. The van der Waals surface area contributed by atoms with Crippen molar-refractivity contribution < 1.29 is 28.5 Å². The van der Waals surface area contributed by atoms with Gasteiger partial charge in [-0.2, -0.15) is 0 Å². The summed E-state index contributed by atoms with van der Waals surface area (Å²) in [7, 11) is 4.73. The molecule has 0 bridgehead atoms. The second-order valence-corrected chi connectivity index (χ2v) is 12.7. The van der Waals surface area contributed by atoms with E-state index in [1.54, 1.807) is 13.2 Å². The molecule has 2 unspecified atom stereocenters. The normalized spacial score (nSPS) is 21.0. The Bertz CT molecular complexity index is 1190. The van der Waals surface area contributed by atoms with Gasteiger partial charge in [0.1, 0.15) is 23.4 Å². The number of aromatic nitrogens is 1. The van der Waals surface area contributed by atoms with Gasteiger partial charge in [0.25, 0.3) is 0 Å². The molecule has 3 aliphatic rings. The number of aryl methyl sites for hydroxylation is 1. The van der Waals surface area contributed by atoms with Crippen LogP contribution in [0, 0.1) is 11.7 Å². The van der Waals surface area contributed by atoms with Crippen molar-refractivity contribution in [3.63, 3.8) is 0 Å². The standard InChI is InChI=1S/C32H45FN3O5P/c1-39-28-18-24(35-31-26(28)6-4-13-34-31)5-2-3-7-29(42)21-10-14-36(19-21)30(32(37)38)27-17-23(33)9-8-22(27)20-41-25-11-15-40-16-12-25/h8-9,17-18,21,25,29-30H,2-7,10-16,19-20,42H2,1H3,(H,34,35)(H,37,38)/t21?,29-,30-/m0/s1. The summed E-state index contributed by atoms with van der Waals surface area (Å²) in [6.07, 6.45) is 8.79. The number of carboxylic acids is 1. The van der Waals surface area contributed by atoms with Crippen LogP contribution in [0.4, 0.5) is 10.2 Å². The molecule has 3 aliphatic heterocycles. The summed E-state index contributed by atoms with van der Waals surface area (Å²) >= 11 is 0. The molecule has 1 aromatic carbocycles. The number of hydrogen-bond donors (Lipinski definition) is 2. The van der Waals surface area contributed by atoms with Crippen LogP contribution in [0.5, 0.6) is 5.75 Å². The van der Waals surface area contributed by atoms with Gasteiger partial charge in [-0.05, 0) is 92.7 Å². The van der Waals surface area contributed by atoms with Gasteiger partial charge in [-0.1, -0.05) is 12.5 Å². The minimum atomic E-state index is -0.948. The lowest BCUT2D eigenvalue weighted by atomic mass is 9.97. The number of carbonyl (C=O) groups is 1. The van der Waals surface area contributed by atoms with Crippen LogP contribution in [0.2, 0.25) is 0 Å². The number of methoxy groups -OCH3 is 1. The van der Waals surface area contributed by atoms with Crippen molar-refractivity contribution in [1.82, 2.24) is 9.88 Å². The Morgan fingerprint density at radius 3 is 2.88 bits per heavy atom. The number of likely N-dealkylation sites (tertiary alicyclic amines) is 1. The van der Waals surface area contributed by atoms with E-state index in [-0.39, 0.29) is 12.7 Å². The molecule has 1 aromatic heterocycles. The highest BCUT2D eigenvalue weighted by atomic mass is 31.0. The van der Waals surface area contributed by atoms with Crippen molar-refractivity contribution in [1.29, 1.82) is 0 Å². The molecule has 0 saturated carbocycles. The number of fused-ring (bicyclic) bond motifs is 1. The van der Waals surface area contributed by atoms with Crippen molar-refractivity contribution in [3.8, 4) is 5.75 Å². The molecule has 2 saturated heterocycles. The SMILES string of the molecule is COc1cc(CCCC[C@H](P)C2CCN([C@H](C(=O)O)c3cc(F)ccc3COC3CCOCC3)C2)nc2c1CCCN2. The molecule has 4 heterocycles. The number of pyridine rings is 1. The number of rotatable bonds is 13. The fourth-order valence-corrected chi connectivity index (χ4v) is 7.13. The van der Waals surface area contributed by atoms with Crippen LogP contribution in [-0.4, -0.2) is 72.7 Å². The topological polar surface area (TPSA) is 93.2 Å². The third kappa shape index (κ3) is 7.79. The fourth-order valence-electron chi connectivity index (χ4n) is 6.58. The van der Waals surface area contributed by atoms with E-state index >= 15 is 0 Å². The first-order valence-electron chi connectivity index (χ1n) is 15.4. The van der Waals surface area contributed by atoms with Gasteiger partial charge in [0, 0.05) is 43.6 Å². The van der Waals surface area contributed by atoms with E-state index in [0.29, 0.717) is 43.4 Å². The van der Waals surface area contributed by atoms with E-state index in [1.807, 2.05) is 4.90 Å². The largest absolute Gasteiger partial charge is 0.496 e. The smallest absolute Gasteiger partial charge is 0.325 e. The predicted molar refractivity (Wildman–Crippen MR) is 164 cm³/mol. The molecule has 42 heavy (non-hydrogen) atoms. The van der Waals surface area contributed by atoms with Crippen LogP contribution in [-0.2, 0) is 33.7 Å². The van der Waals surface area contributed by atoms with Crippen LogP contribution in [0.15, 0.2) is 24.3 Å². The van der Waals surface area contributed by atoms with Crippen molar-refractivity contribution in [2.75, 3.05) is 45.3 Å². The van der Waals surface area contributed by atoms with Crippen LogP contribution in [0.3, 0.4) is 0 Å². The number of benzene rings is 1. The van der Waals surface area contributed by atoms with E-state index < -0.39 is 17.8 Å². The molecule has 0 aliphatic carbocycles. The van der Waals surface area contributed by atoms with E-state index in [4.69, 9.17) is 19.2 Å². The number of nitrogens with one attached hydrogen (secondary N) is 1. The van der Waals surface area contributed by atoms with Crippen LogP contribution in [0.25, 0.3) is 0 Å². The molecule has 0 amide bonds. The zero-order chi connectivity index (χ0) is 29.5. The Balaban J connectivity index is 1.15. The molecule has 230 valence electrons. The van der Waals surface area contributed by atoms with Crippen molar-refractivity contribution in [2.24, 2.45) is 5.92 Å². The summed E-state index contributed by atoms with van der Waals surface area (Å²) in [6.45, 7) is 3.91. The first-order chi connectivity index (χ1) is 20.4. The Labute approximate surface area is 250 Å². The fraction of sp³-hybridized carbons (Fsp3) is 0.625. The minimum absolute atomic E-state index is 0.0793. The van der Waals surface area contributed by atoms with Crippen molar-refractivity contribution in [3.05, 3.63) is 52.5 Å². The molecule has 2 N–H and O–H groups in total. The molecule has 2 aromatic rings. The molecule has 0 radical (unpaired) electrons. The maximum atomic E-state index is 14.4. The van der Waals surface area contributed by atoms with Gasteiger partial charge in [0.05, 0.1) is 19.8 Å². The molecule has 4 atom stereocenters. The highest BCUT2D eigenvalue weighted by Gasteiger charge is 2.36. The molecular weight excluding hydrogens is 556 g/mol. The first-order valence-corrected chi connectivity index (χ1v) is 16.1. The van der Waals surface area contributed by atoms with Crippen molar-refractivity contribution in [2.45, 2.75) is 82.2 Å². The van der Waals surface area contributed by atoms with Gasteiger partial charge >= 0.3 is 5.97 Å². The highest BCUT2D eigenvalue weighted by Crippen LogP contribution is 2.36. The Morgan fingerprint density at radius 2 is 2.10 bits per heavy atom. The first kappa shape index (κ1) is 31.1. The van der Waals surface area contributed by atoms with E-state index in [9.17, 15) is 14.3 Å². The summed E-state index contributed by atoms with van der Waals surface area (Å²) in [5.74, 6) is 0.902. The average molecular weight is 602 g/mol. The summed E-state index contributed by atoms with van der Waals surface area (Å²) in [5, 5.41) is 13.7. The molecule has 0 spiro atoms. The van der Waals surface area contributed by atoms with E-state index in [1.165, 1.54) is 17.7 Å². The average Bonchev–Trinajstić information content (AvgIpc) is 3.48. The molecule has 8 nitrogen and oxygen atoms in total. The number of carboxylic acid groups (broad SMARTS) is 1. The second kappa shape index (κ2) is 14.9. The van der Waals surface area contributed by atoms with Gasteiger partial charge in [-0.3, -0.25) is 9.69 Å². The third-order valence-corrected chi connectivity index (χ3v) is 9.86. The molecule has 5 rings (SSSR count). The summed E-state index contributed by atoms with van der Waals surface area (Å²) in [4.78, 5) is 19.4. The number of hydrogen-bond acceptors (Lipinski definition) is 7. The second-order valence-electron chi connectivity index (χ2n) is 11.8. The van der Waals surface area contributed by atoms with E-state index in [0.717, 1.165) is 87.2 Å².